The molecule has 2 aromatic rings. The Hall–Kier alpha value is -1.76. The van der Waals surface area contributed by atoms with E-state index in [-0.39, 0.29) is 0 Å². The van der Waals surface area contributed by atoms with Crippen molar-refractivity contribution in [2.24, 2.45) is 0 Å². The van der Waals surface area contributed by atoms with E-state index in [0.29, 0.717) is 13.2 Å². The Morgan fingerprint density at radius 1 is 1.17 bits per heavy atom. The van der Waals surface area contributed by atoms with Gasteiger partial charge < -0.3 is 24.6 Å². The first-order chi connectivity index (χ1) is 11.2. The zero-order chi connectivity index (χ0) is 16.5. The molecule has 2 rings (SSSR count). The van der Waals surface area contributed by atoms with Crippen molar-refractivity contribution in [3.63, 3.8) is 0 Å². The van der Waals surface area contributed by atoms with Gasteiger partial charge in [-0.15, -0.1) is 11.3 Å². The lowest BCUT2D eigenvalue weighted by atomic mass is 10.1. The first-order valence-corrected chi connectivity index (χ1v) is 8.42. The molecule has 1 heterocycles. The minimum Gasteiger partial charge on any atom is -0.493 e. The lowest BCUT2D eigenvalue weighted by molar-refractivity contribution is 0.107. The van der Waals surface area contributed by atoms with Crippen molar-refractivity contribution >= 4 is 11.3 Å². The molecule has 0 aliphatic carbocycles. The van der Waals surface area contributed by atoms with Gasteiger partial charge in [0.25, 0.3) is 0 Å². The summed E-state index contributed by atoms with van der Waals surface area (Å²) >= 11 is 1.57. The predicted molar refractivity (Wildman–Crippen MR) is 91.9 cm³/mol. The van der Waals surface area contributed by atoms with Gasteiger partial charge in [-0.3, -0.25) is 0 Å². The summed E-state index contributed by atoms with van der Waals surface area (Å²) in [7, 11) is 3.25. The van der Waals surface area contributed by atoms with Crippen molar-refractivity contribution in [2.45, 2.75) is 12.5 Å². The highest BCUT2D eigenvalue weighted by Crippen LogP contribution is 2.27. The van der Waals surface area contributed by atoms with Crippen molar-refractivity contribution in [3.05, 3.63) is 40.6 Å². The molecule has 0 spiro atoms. The molecule has 5 nitrogen and oxygen atoms in total. The molecule has 0 amide bonds. The number of benzene rings is 1. The Morgan fingerprint density at radius 3 is 2.70 bits per heavy atom. The molecule has 1 unspecified atom stereocenters. The summed E-state index contributed by atoms with van der Waals surface area (Å²) in [6.07, 6.45) is 0.318. The molecule has 0 fully saturated rings. The van der Waals surface area contributed by atoms with Crippen LogP contribution in [0.1, 0.15) is 5.56 Å². The fourth-order valence-corrected chi connectivity index (χ4v) is 2.69. The van der Waals surface area contributed by atoms with Gasteiger partial charge in [0, 0.05) is 11.9 Å². The molecule has 1 aromatic carbocycles. The highest BCUT2D eigenvalue weighted by Gasteiger charge is 2.07. The quantitative estimate of drug-likeness (QED) is 0.652. The lowest BCUT2D eigenvalue weighted by Gasteiger charge is -2.13. The van der Waals surface area contributed by atoms with Crippen molar-refractivity contribution in [1.29, 1.82) is 0 Å². The number of ether oxygens (including phenoxy) is 3. The van der Waals surface area contributed by atoms with Crippen LogP contribution in [0, 0.1) is 0 Å². The number of hydrogen-bond donors (Lipinski definition) is 2. The lowest BCUT2D eigenvalue weighted by Crippen LogP contribution is -2.32. The second-order valence-corrected chi connectivity index (χ2v) is 5.85. The van der Waals surface area contributed by atoms with Crippen LogP contribution in [0.4, 0.5) is 0 Å². The van der Waals surface area contributed by atoms with Crippen LogP contribution >= 0.6 is 11.3 Å². The molecule has 0 saturated carbocycles. The van der Waals surface area contributed by atoms with Crippen molar-refractivity contribution in [1.82, 2.24) is 5.32 Å². The van der Waals surface area contributed by atoms with Gasteiger partial charge >= 0.3 is 0 Å². The monoisotopic (exact) mass is 337 g/mol. The summed E-state index contributed by atoms with van der Waals surface area (Å²) in [6.45, 7) is 1.56. The Labute approximate surface area is 140 Å². The smallest absolute Gasteiger partial charge is 0.160 e. The van der Waals surface area contributed by atoms with Gasteiger partial charge in [0.15, 0.2) is 11.5 Å². The molecule has 0 aliphatic heterocycles. The summed E-state index contributed by atoms with van der Waals surface area (Å²) in [5.41, 5.74) is 1.15. The fraction of sp³-hybridized carbons (Fsp3) is 0.412. The number of thiophene rings is 1. The summed E-state index contributed by atoms with van der Waals surface area (Å²) < 4.78 is 16.0. The molecule has 6 heteroatoms. The van der Waals surface area contributed by atoms with Crippen LogP contribution in [0.3, 0.4) is 0 Å². The van der Waals surface area contributed by atoms with Crippen LogP contribution in [0.2, 0.25) is 0 Å². The molecule has 23 heavy (non-hydrogen) atoms. The van der Waals surface area contributed by atoms with Gasteiger partial charge in [0.2, 0.25) is 0 Å². The van der Waals surface area contributed by atoms with Crippen LogP contribution in [-0.2, 0) is 6.42 Å². The van der Waals surface area contributed by atoms with Gasteiger partial charge in [-0.25, -0.2) is 0 Å². The zero-order valence-corrected chi connectivity index (χ0v) is 14.3. The average Bonchev–Trinajstić information content (AvgIpc) is 3.10. The third kappa shape index (κ3) is 5.74. The summed E-state index contributed by atoms with van der Waals surface area (Å²) in [6, 6.07) is 7.77. The van der Waals surface area contributed by atoms with Crippen molar-refractivity contribution in [3.8, 4) is 17.2 Å². The highest BCUT2D eigenvalue weighted by molar-refractivity contribution is 7.08. The van der Waals surface area contributed by atoms with E-state index in [9.17, 15) is 5.11 Å². The van der Waals surface area contributed by atoms with E-state index >= 15 is 0 Å². The summed E-state index contributed by atoms with van der Waals surface area (Å²) in [5.74, 6) is 2.26. The molecule has 1 atom stereocenters. The number of aliphatic hydroxyl groups is 1. The Balaban J connectivity index is 1.66. The van der Waals surface area contributed by atoms with Crippen LogP contribution in [-0.4, -0.2) is 45.1 Å². The van der Waals surface area contributed by atoms with Crippen LogP contribution in [0.25, 0.3) is 0 Å². The highest BCUT2D eigenvalue weighted by atomic mass is 32.1. The molecule has 0 saturated heterocycles. The summed E-state index contributed by atoms with van der Waals surface area (Å²) in [4.78, 5) is 0. The number of rotatable bonds is 10. The molecule has 0 aliphatic rings. The second-order valence-electron chi connectivity index (χ2n) is 5.07. The second kappa shape index (κ2) is 9.39. The molecule has 0 bridgehead atoms. The van der Waals surface area contributed by atoms with E-state index < -0.39 is 6.10 Å². The number of methoxy groups -OCH3 is 2. The van der Waals surface area contributed by atoms with Crippen molar-refractivity contribution in [2.75, 3.05) is 33.9 Å². The molecule has 2 N–H and O–H groups in total. The molecule has 126 valence electrons. The fourth-order valence-electron chi connectivity index (χ4n) is 2.12. The largest absolute Gasteiger partial charge is 0.493 e. The standard InChI is InChI=1S/C17H23NO4S/c1-20-16-4-3-13(9-17(16)21-2)5-7-18-10-14(19)11-22-15-6-8-23-12-15/h3-4,6,8-9,12,14,18-19H,5,7,10-11H2,1-2H3. The average molecular weight is 337 g/mol. The maximum absolute atomic E-state index is 9.88. The first kappa shape index (κ1) is 17.6. The molecule has 0 radical (unpaired) electrons. The van der Waals surface area contributed by atoms with Crippen molar-refractivity contribution < 1.29 is 19.3 Å². The van der Waals surface area contributed by atoms with Crippen LogP contribution in [0.15, 0.2) is 35.0 Å². The number of aliphatic hydroxyl groups excluding tert-OH is 1. The van der Waals surface area contributed by atoms with Gasteiger partial charge in [-0.1, -0.05) is 6.07 Å². The third-order valence-electron chi connectivity index (χ3n) is 3.36. The molecule has 1 aromatic heterocycles. The Kier molecular flexibility index (Phi) is 7.19. The van der Waals surface area contributed by atoms with E-state index in [2.05, 4.69) is 5.32 Å². The topological polar surface area (TPSA) is 60.0 Å². The SMILES string of the molecule is COc1ccc(CCNCC(O)COc2ccsc2)cc1OC. The maximum Gasteiger partial charge on any atom is 0.160 e. The van der Waals surface area contributed by atoms with E-state index in [0.717, 1.165) is 35.8 Å². The molecular weight excluding hydrogens is 314 g/mol. The Bertz CT molecular complexity index is 574. The van der Waals surface area contributed by atoms with Crippen LogP contribution < -0.4 is 19.5 Å². The van der Waals surface area contributed by atoms with Gasteiger partial charge in [0.05, 0.1) is 14.2 Å². The van der Waals surface area contributed by atoms with Gasteiger partial charge in [-0.2, -0.15) is 0 Å². The zero-order valence-electron chi connectivity index (χ0n) is 13.5. The van der Waals surface area contributed by atoms with E-state index in [4.69, 9.17) is 14.2 Å². The van der Waals surface area contributed by atoms with Gasteiger partial charge in [0.1, 0.15) is 18.5 Å². The normalized spacial score (nSPS) is 12.0. The number of hydrogen-bond acceptors (Lipinski definition) is 6. The van der Waals surface area contributed by atoms with E-state index in [1.165, 1.54) is 0 Å². The minimum absolute atomic E-state index is 0.292. The summed E-state index contributed by atoms with van der Waals surface area (Å²) in [5, 5.41) is 17.0. The van der Waals surface area contributed by atoms with E-state index in [1.54, 1.807) is 25.6 Å². The van der Waals surface area contributed by atoms with Gasteiger partial charge in [-0.05, 0) is 42.1 Å². The minimum atomic E-state index is -0.527. The maximum atomic E-state index is 9.88. The molecular formula is C17H23NO4S. The Morgan fingerprint density at radius 2 is 2.00 bits per heavy atom. The first-order valence-electron chi connectivity index (χ1n) is 7.47. The van der Waals surface area contributed by atoms with E-state index in [1.807, 2.05) is 35.0 Å². The number of nitrogens with one attached hydrogen (secondary N) is 1. The third-order valence-corrected chi connectivity index (χ3v) is 4.02. The van der Waals surface area contributed by atoms with Crippen LogP contribution in [0.5, 0.6) is 17.2 Å². The predicted octanol–water partition coefficient (Wildman–Crippen LogP) is 2.34.